The van der Waals surface area contributed by atoms with Crippen LogP contribution in [0.5, 0.6) is 0 Å². The van der Waals surface area contributed by atoms with E-state index in [1.165, 1.54) is 18.2 Å². The Labute approximate surface area is 115 Å². The highest BCUT2D eigenvalue weighted by Crippen LogP contribution is 2.26. The lowest BCUT2D eigenvalue weighted by atomic mass is 10.0. The van der Waals surface area contributed by atoms with Crippen LogP contribution in [-0.4, -0.2) is 28.6 Å². The first-order valence-corrected chi connectivity index (χ1v) is 6.11. The van der Waals surface area contributed by atoms with Gasteiger partial charge in [-0.25, -0.2) is 0 Å². The van der Waals surface area contributed by atoms with Crippen LogP contribution in [-0.2, 0) is 0 Å². The van der Waals surface area contributed by atoms with Crippen LogP contribution in [0.1, 0.15) is 24.2 Å². The van der Waals surface area contributed by atoms with Crippen molar-refractivity contribution in [2.75, 3.05) is 6.61 Å². The molecule has 19 heavy (non-hydrogen) atoms. The largest absolute Gasteiger partial charge is 0.396 e. The Morgan fingerprint density at radius 2 is 2.16 bits per heavy atom. The lowest BCUT2D eigenvalue weighted by Crippen LogP contribution is -2.38. The quantitative estimate of drug-likeness (QED) is 0.639. The molecule has 0 aliphatic carbocycles. The van der Waals surface area contributed by atoms with Crippen molar-refractivity contribution in [1.29, 1.82) is 0 Å². The number of nitrogens with one attached hydrogen (secondary N) is 1. The van der Waals surface area contributed by atoms with E-state index >= 15 is 0 Å². The van der Waals surface area contributed by atoms with E-state index in [0.717, 1.165) is 0 Å². The van der Waals surface area contributed by atoms with Gasteiger partial charge in [-0.1, -0.05) is 24.6 Å². The molecule has 0 radical (unpaired) electrons. The zero-order chi connectivity index (χ0) is 14.6. The van der Waals surface area contributed by atoms with Gasteiger partial charge in [-0.2, -0.15) is 0 Å². The Bertz CT molecular complexity index is 493. The number of hydrogen-bond acceptors (Lipinski definition) is 4. The smallest absolute Gasteiger partial charge is 0.283 e. The summed E-state index contributed by atoms with van der Waals surface area (Å²) in [7, 11) is 0. The summed E-state index contributed by atoms with van der Waals surface area (Å²) in [6, 6.07) is 3.73. The third-order valence-corrected chi connectivity index (χ3v) is 3.23. The van der Waals surface area contributed by atoms with E-state index < -0.39 is 10.8 Å². The first-order chi connectivity index (χ1) is 8.88. The van der Waals surface area contributed by atoms with E-state index in [0.29, 0.717) is 0 Å². The number of halogens is 1. The maximum atomic E-state index is 12.0. The van der Waals surface area contributed by atoms with E-state index in [-0.39, 0.29) is 34.8 Å². The summed E-state index contributed by atoms with van der Waals surface area (Å²) in [6.45, 7) is 3.37. The van der Waals surface area contributed by atoms with Gasteiger partial charge in [0.15, 0.2) is 0 Å². The molecular formula is C12H15ClN2O4. The topological polar surface area (TPSA) is 92.5 Å². The van der Waals surface area contributed by atoms with Crippen molar-refractivity contribution in [3.05, 3.63) is 38.9 Å². The van der Waals surface area contributed by atoms with Crippen molar-refractivity contribution in [2.24, 2.45) is 5.92 Å². The summed E-state index contributed by atoms with van der Waals surface area (Å²) < 4.78 is 0. The summed E-state index contributed by atoms with van der Waals surface area (Å²) in [6.07, 6.45) is 0. The average molecular weight is 287 g/mol. The number of aliphatic hydroxyl groups excluding tert-OH is 1. The minimum Gasteiger partial charge on any atom is -0.396 e. The molecule has 0 aromatic heterocycles. The van der Waals surface area contributed by atoms with Crippen LogP contribution in [0.2, 0.25) is 5.02 Å². The Hall–Kier alpha value is -1.66. The number of amides is 1. The van der Waals surface area contributed by atoms with Crippen LogP contribution < -0.4 is 5.32 Å². The fourth-order valence-corrected chi connectivity index (χ4v) is 1.72. The van der Waals surface area contributed by atoms with Crippen molar-refractivity contribution in [1.82, 2.24) is 5.32 Å². The summed E-state index contributed by atoms with van der Waals surface area (Å²) in [4.78, 5) is 22.3. The minimum atomic E-state index is -0.652. The third-order valence-electron chi connectivity index (χ3n) is 2.92. The molecule has 7 heteroatoms. The molecule has 2 atom stereocenters. The summed E-state index contributed by atoms with van der Waals surface area (Å²) >= 11 is 5.85. The zero-order valence-electron chi connectivity index (χ0n) is 10.6. The summed E-state index contributed by atoms with van der Waals surface area (Å²) in [5, 5.41) is 22.5. The van der Waals surface area contributed by atoms with Gasteiger partial charge in [0.05, 0.1) is 9.95 Å². The minimum absolute atomic E-state index is 0.0237. The first-order valence-electron chi connectivity index (χ1n) is 5.73. The van der Waals surface area contributed by atoms with Crippen molar-refractivity contribution in [3.8, 4) is 0 Å². The second-order valence-corrected chi connectivity index (χ2v) is 4.72. The van der Waals surface area contributed by atoms with Gasteiger partial charge < -0.3 is 10.4 Å². The number of aliphatic hydroxyl groups is 1. The molecule has 0 aliphatic heterocycles. The highest BCUT2D eigenvalue weighted by Gasteiger charge is 2.25. The molecule has 0 fully saturated rings. The highest BCUT2D eigenvalue weighted by molar-refractivity contribution is 6.34. The number of nitro benzene ring substituents is 1. The molecule has 1 amide bonds. The fourth-order valence-electron chi connectivity index (χ4n) is 1.47. The normalized spacial score (nSPS) is 13.7. The van der Waals surface area contributed by atoms with Crippen molar-refractivity contribution >= 4 is 23.2 Å². The maximum Gasteiger partial charge on any atom is 0.283 e. The first kappa shape index (κ1) is 15.4. The lowest BCUT2D eigenvalue weighted by Gasteiger charge is -2.19. The molecule has 6 nitrogen and oxygen atoms in total. The second kappa shape index (κ2) is 6.49. The Morgan fingerprint density at radius 3 is 2.68 bits per heavy atom. The standard InChI is InChI=1S/C12H15ClN2O4/c1-7(6-16)8(2)14-12(17)11-9(13)4-3-5-10(11)15(18)19/h3-5,7-8,16H,6H2,1-2H3,(H,14,17). The van der Waals surface area contributed by atoms with Crippen LogP contribution in [0.3, 0.4) is 0 Å². The van der Waals surface area contributed by atoms with Crippen molar-refractivity contribution in [3.63, 3.8) is 0 Å². The van der Waals surface area contributed by atoms with Gasteiger partial charge in [0.2, 0.25) is 0 Å². The molecule has 1 rings (SSSR count). The molecule has 0 bridgehead atoms. The molecule has 0 saturated carbocycles. The number of rotatable bonds is 5. The van der Waals surface area contributed by atoms with Crippen LogP contribution >= 0.6 is 11.6 Å². The van der Waals surface area contributed by atoms with Crippen molar-refractivity contribution in [2.45, 2.75) is 19.9 Å². The van der Waals surface area contributed by atoms with Gasteiger partial charge in [0.25, 0.3) is 11.6 Å². The van der Waals surface area contributed by atoms with Crippen LogP contribution in [0.25, 0.3) is 0 Å². The van der Waals surface area contributed by atoms with E-state index in [9.17, 15) is 14.9 Å². The van der Waals surface area contributed by atoms with Crippen LogP contribution in [0.4, 0.5) is 5.69 Å². The molecule has 104 valence electrons. The van der Waals surface area contributed by atoms with Gasteiger partial charge >= 0.3 is 0 Å². The number of carbonyl (C=O) groups excluding carboxylic acids is 1. The predicted octanol–water partition coefficient (Wildman–Crippen LogP) is 1.99. The second-order valence-electron chi connectivity index (χ2n) is 4.31. The molecule has 0 saturated heterocycles. The number of hydrogen-bond donors (Lipinski definition) is 2. The molecule has 1 aromatic rings. The van der Waals surface area contributed by atoms with E-state index in [1.54, 1.807) is 13.8 Å². The van der Waals surface area contributed by atoms with E-state index in [2.05, 4.69) is 5.32 Å². The molecule has 2 N–H and O–H groups in total. The molecule has 0 aliphatic rings. The van der Waals surface area contributed by atoms with Gasteiger partial charge in [0.1, 0.15) is 5.56 Å². The molecular weight excluding hydrogens is 272 g/mol. The highest BCUT2D eigenvalue weighted by atomic mass is 35.5. The van der Waals surface area contributed by atoms with Gasteiger partial charge in [-0.05, 0) is 18.9 Å². The third kappa shape index (κ3) is 3.65. The number of benzene rings is 1. The average Bonchev–Trinajstić information content (AvgIpc) is 2.36. The Morgan fingerprint density at radius 1 is 1.53 bits per heavy atom. The molecule has 2 unspecified atom stereocenters. The molecule has 1 aromatic carbocycles. The van der Waals surface area contributed by atoms with E-state index in [1.807, 2.05) is 0 Å². The summed E-state index contributed by atoms with van der Waals surface area (Å²) in [5.74, 6) is -0.782. The van der Waals surface area contributed by atoms with Gasteiger partial charge in [-0.3, -0.25) is 14.9 Å². The SMILES string of the molecule is CC(CO)C(C)NC(=O)c1c(Cl)cccc1[N+](=O)[O-]. The Kier molecular flexibility index (Phi) is 5.26. The molecule has 0 spiro atoms. The summed E-state index contributed by atoms with van der Waals surface area (Å²) in [5.41, 5.74) is -0.500. The van der Waals surface area contributed by atoms with Gasteiger partial charge in [0, 0.05) is 18.7 Å². The van der Waals surface area contributed by atoms with Gasteiger partial charge in [-0.15, -0.1) is 0 Å². The Balaban J connectivity index is 3.03. The number of carbonyl (C=O) groups is 1. The molecule has 0 heterocycles. The predicted molar refractivity (Wildman–Crippen MR) is 71.3 cm³/mol. The lowest BCUT2D eigenvalue weighted by molar-refractivity contribution is -0.385. The van der Waals surface area contributed by atoms with Crippen LogP contribution in [0.15, 0.2) is 18.2 Å². The number of nitro groups is 1. The van der Waals surface area contributed by atoms with Crippen molar-refractivity contribution < 1.29 is 14.8 Å². The fraction of sp³-hybridized carbons (Fsp3) is 0.417. The van der Waals surface area contributed by atoms with Crippen LogP contribution in [0, 0.1) is 16.0 Å². The number of nitrogens with zero attached hydrogens (tertiary/aromatic N) is 1. The van der Waals surface area contributed by atoms with E-state index in [4.69, 9.17) is 16.7 Å². The maximum absolute atomic E-state index is 12.0. The zero-order valence-corrected chi connectivity index (χ0v) is 11.3. The monoisotopic (exact) mass is 286 g/mol.